The van der Waals surface area contributed by atoms with Crippen molar-refractivity contribution in [3.05, 3.63) is 71.7 Å². The van der Waals surface area contributed by atoms with Gasteiger partial charge in [-0.3, -0.25) is 4.79 Å². The molecule has 9 heteroatoms. The second-order valence-corrected chi connectivity index (χ2v) is 6.61. The summed E-state index contributed by atoms with van der Waals surface area (Å²) in [7, 11) is 0. The molecule has 0 radical (unpaired) electrons. The number of carbonyl (C=O) groups is 1. The number of para-hydroxylation sites is 1. The largest absolute Gasteiger partial charge is 0.418 e. The highest BCUT2D eigenvalue weighted by molar-refractivity contribution is 5.97. The highest BCUT2D eigenvalue weighted by Crippen LogP contribution is 2.34. The molecule has 1 fully saturated rings. The molecule has 1 amide bonds. The van der Waals surface area contributed by atoms with Crippen LogP contribution in [0.3, 0.4) is 0 Å². The van der Waals surface area contributed by atoms with Gasteiger partial charge < -0.3 is 15.1 Å². The first-order valence-corrected chi connectivity index (χ1v) is 9.12. The maximum atomic E-state index is 13.1. The van der Waals surface area contributed by atoms with Gasteiger partial charge in [0.15, 0.2) is 0 Å². The summed E-state index contributed by atoms with van der Waals surface area (Å²) in [6.07, 6.45) is -3.57. The third-order valence-electron chi connectivity index (χ3n) is 4.71. The smallest absolute Gasteiger partial charge is 0.368 e. The summed E-state index contributed by atoms with van der Waals surface area (Å²) in [5, 5.41) is 11.7. The number of hydrogen-bond donors (Lipinski definition) is 1. The fourth-order valence-corrected chi connectivity index (χ4v) is 3.14. The molecule has 0 atom stereocenters. The van der Waals surface area contributed by atoms with Crippen LogP contribution in [0.15, 0.2) is 60.3 Å². The SMILES string of the molecule is N#C/C(=C/Nc1ccccc1C(F)(F)F)C(=O)N1CCN(c2ccc(F)cc2)CC1. The first-order valence-electron chi connectivity index (χ1n) is 9.12. The molecule has 2 aromatic rings. The van der Waals surface area contributed by atoms with Crippen molar-refractivity contribution in [2.45, 2.75) is 6.18 Å². The molecule has 3 rings (SSSR count). The van der Waals surface area contributed by atoms with Crippen molar-refractivity contribution in [2.75, 3.05) is 36.4 Å². The zero-order valence-corrected chi connectivity index (χ0v) is 15.8. The lowest BCUT2D eigenvalue weighted by atomic mass is 10.1. The topological polar surface area (TPSA) is 59.4 Å². The van der Waals surface area contributed by atoms with E-state index in [0.29, 0.717) is 26.2 Å². The van der Waals surface area contributed by atoms with Crippen molar-refractivity contribution >= 4 is 17.3 Å². The van der Waals surface area contributed by atoms with Crippen molar-refractivity contribution in [2.24, 2.45) is 0 Å². The van der Waals surface area contributed by atoms with Crippen molar-refractivity contribution in [1.29, 1.82) is 5.26 Å². The van der Waals surface area contributed by atoms with Crippen LogP contribution in [-0.2, 0) is 11.0 Å². The Kier molecular flexibility index (Phi) is 6.26. The standard InChI is InChI=1S/C21H18F4N4O/c22-16-5-7-17(8-6-16)28-9-11-29(12-10-28)20(30)15(13-26)14-27-19-4-2-1-3-18(19)21(23,24)25/h1-8,14,27H,9-12H2/b15-14-. The molecular formula is C21H18F4N4O. The van der Waals surface area contributed by atoms with E-state index in [9.17, 15) is 27.6 Å². The van der Waals surface area contributed by atoms with Crippen molar-refractivity contribution < 1.29 is 22.4 Å². The maximum absolute atomic E-state index is 13.1. The molecule has 1 aliphatic rings. The van der Waals surface area contributed by atoms with Gasteiger partial charge in [-0.25, -0.2) is 4.39 Å². The fraction of sp³-hybridized carbons (Fsp3) is 0.238. The lowest BCUT2D eigenvalue weighted by molar-refractivity contribution is -0.137. The van der Waals surface area contributed by atoms with E-state index in [1.165, 1.54) is 35.2 Å². The van der Waals surface area contributed by atoms with E-state index < -0.39 is 17.6 Å². The Morgan fingerprint density at radius 2 is 1.67 bits per heavy atom. The van der Waals surface area contributed by atoms with Gasteiger partial charge in [-0.2, -0.15) is 18.4 Å². The molecule has 0 saturated carbocycles. The highest BCUT2D eigenvalue weighted by Gasteiger charge is 2.33. The second kappa shape index (κ2) is 8.86. The number of halogens is 4. The summed E-state index contributed by atoms with van der Waals surface area (Å²) in [5.74, 6) is -0.899. The predicted molar refractivity (Wildman–Crippen MR) is 104 cm³/mol. The first kappa shape index (κ1) is 21.2. The zero-order valence-electron chi connectivity index (χ0n) is 15.8. The van der Waals surface area contributed by atoms with Gasteiger partial charge in [0.05, 0.1) is 11.3 Å². The van der Waals surface area contributed by atoms with E-state index in [4.69, 9.17) is 0 Å². The molecule has 0 spiro atoms. The summed E-state index contributed by atoms with van der Waals surface area (Å²) in [6, 6.07) is 12.6. The third kappa shape index (κ3) is 4.89. The van der Waals surface area contributed by atoms with Crippen LogP contribution in [0.4, 0.5) is 28.9 Å². The first-order chi connectivity index (χ1) is 14.3. The van der Waals surface area contributed by atoms with E-state index >= 15 is 0 Å². The van der Waals surface area contributed by atoms with Crippen LogP contribution >= 0.6 is 0 Å². The number of anilines is 2. The van der Waals surface area contributed by atoms with Crippen LogP contribution in [0.1, 0.15) is 5.56 Å². The normalized spacial score (nSPS) is 15.0. The van der Waals surface area contributed by atoms with Crippen molar-refractivity contribution in [1.82, 2.24) is 4.90 Å². The van der Waals surface area contributed by atoms with Crippen LogP contribution in [0, 0.1) is 17.1 Å². The van der Waals surface area contributed by atoms with Gasteiger partial charge in [0.1, 0.15) is 17.5 Å². The Morgan fingerprint density at radius 1 is 1.03 bits per heavy atom. The third-order valence-corrected chi connectivity index (χ3v) is 4.71. The minimum absolute atomic E-state index is 0.244. The van der Waals surface area contributed by atoms with E-state index in [2.05, 4.69) is 5.32 Å². The number of nitriles is 1. The summed E-state index contributed by atoms with van der Waals surface area (Å²) in [6.45, 7) is 1.63. The predicted octanol–water partition coefficient (Wildman–Crippen LogP) is 4.01. The summed E-state index contributed by atoms with van der Waals surface area (Å²) < 4.78 is 52.3. The van der Waals surface area contributed by atoms with Gasteiger partial charge in [-0.15, -0.1) is 0 Å². The Morgan fingerprint density at radius 3 is 2.27 bits per heavy atom. The Hall–Kier alpha value is -3.54. The van der Waals surface area contributed by atoms with E-state index in [1.807, 2.05) is 4.90 Å². The average Bonchev–Trinajstić information content (AvgIpc) is 2.74. The number of alkyl halides is 3. The number of benzene rings is 2. The van der Waals surface area contributed by atoms with Gasteiger partial charge in [-0.05, 0) is 36.4 Å². The molecule has 5 nitrogen and oxygen atoms in total. The molecule has 0 aromatic heterocycles. The minimum Gasteiger partial charge on any atom is -0.368 e. The molecule has 1 heterocycles. The molecule has 156 valence electrons. The van der Waals surface area contributed by atoms with Crippen molar-refractivity contribution in [3.63, 3.8) is 0 Å². The monoisotopic (exact) mass is 418 g/mol. The molecule has 30 heavy (non-hydrogen) atoms. The van der Waals surface area contributed by atoms with E-state index in [0.717, 1.165) is 18.0 Å². The number of amides is 1. The highest BCUT2D eigenvalue weighted by atomic mass is 19.4. The molecule has 0 unspecified atom stereocenters. The lowest BCUT2D eigenvalue weighted by Crippen LogP contribution is -2.49. The number of nitrogens with one attached hydrogen (secondary N) is 1. The number of hydrogen-bond acceptors (Lipinski definition) is 4. The Labute approximate surface area is 170 Å². The van der Waals surface area contributed by atoms with Gasteiger partial charge in [0.25, 0.3) is 5.91 Å². The van der Waals surface area contributed by atoms with Gasteiger partial charge in [-0.1, -0.05) is 12.1 Å². The summed E-state index contributed by atoms with van der Waals surface area (Å²) >= 11 is 0. The lowest BCUT2D eigenvalue weighted by Gasteiger charge is -2.36. The molecule has 1 N–H and O–H groups in total. The van der Waals surface area contributed by atoms with Gasteiger partial charge >= 0.3 is 6.18 Å². The number of rotatable bonds is 4. The van der Waals surface area contributed by atoms with Crippen LogP contribution in [0.2, 0.25) is 0 Å². The number of carbonyl (C=O) groups excluding carboxylic acids is 1. The molecule has 2 aromatic carbocycles. The molecule has 0 bridgehead atoms. The van der Waals surface area contributed by atoms with Crippen LogP contribution in [0.5, 0.6) is 0 Å². The second-order valence-electron chi connectivity index (χ2n) is 6.61. The molecular weight excluding hydrogens is 400 g/mol. The Balaban J connectivity index is 1.66. The molecule has 0 aliphatic carbocycles. The maximum Gasteiger partial charge on any atom is 0.418 e. The zero-order chi connectivity index (χ0) is 21.7. The fourth-order valence-electron chi connectivity index (χ4n) is 3.14. The molecule has 1 saturated heterocycles. The quantitative estimate of drug-likeness (QED) is 0.463. The summed E-state index contributed by atoms with van der Waals surface area (Å²) in [4.78, 5) is 16.1. The van der Waals surface area contributed by atoms with Gasteiger partial charge in [0.2, 0.25) is 0 Å². The van der Waals surface area contributed by atoms with E-state index in [1.54, 1.807) is 18.2 Å². The van der Waals surface area contributed by atoms with Gasteiger partial charge in [0, 0.05) is 38.1 Å². The van der Waals surface area contributed by atoms with Crippen LogP contribution < -0.4 is 10.2 Å². The van der Waals surface area contributed by atoms with Crippen LogP contribution in [0.25, 0.3) is 0 Å². The number of piperazine rings is 1. The number of nitrogens with zero attached hydrogens (tertiary/aromatic N) is 3. The van der Waals surface area contributed by atoms with E-state index in [-0.39, 0.29) is 17.1 Å². The van der Waals surface area contributed by atoms with Crippen LogP contribution in [-0.4, -0.2) is 37.0 Å². The molecule has 1 aliphatic heterocycles. The average molecular weight is 418 g/mol. The minimum atomic E-state index is -4.56. The summed E-state index contributed by atoms with van der Waals surface area (Å²) in [5.41, 5.74) is -0.599. The van der Waals surface area contributed by atoms with Crippen molar-refractivity contribution in [3.8, 4) is 6.07 Å². The Bertz CT molecular complexity index is 972.